The molecule has 18 heavy (non-hydrogen) atoms. The second-order valence-corrected chi connectivity index (χ2v) is 5.73. The number of aromatic nitrogens is 2. The van der Waals surface area contributed by atoms with Gasteiger partial charge in [0, 0.05) is 22.2 Å². The van der Waals surface area contributed by atoms with Crippen molar-refractivity contribution >= 4 is 32.9 Å². The molecule has 3 aromatic rings. The molecule has 0 fully saturated rings. The molecule has 0 aromatic carbocycles. The maximum Gasteiger partial charge on any atom is 0.129 e. The summed E-state index contributed by atoms with van der Waals surface area (Å²) in [5.41, 5.74) is 2.86. The van der Waals surface area contributed by atoms with Gasteiger partial charge in [-0.15, -0.1) is 22.7 Å². The van der Waals surface area contributed by atoms with Gasteiger partial charge in [-0.3, -0.25) is 0 Å². The molecule has 1 N–H and O–H groups in total. The number of fused-ring (bicyclic) bond motifs is 1. The number of rotatable bonds is 3. The summed E-state index contributed by atoms with van der Waals surface area (Å²) in [6.45, 7) is 2.00. The van der Waals surface area contributed by atoms with Crippen molar-refractivity contribution in [2.45, 2.75) is 20.0 Å². The van der Waals surface area contributed by atoms with Gasteiger partial charge >= 0.3 is 0 Å². The quantitative estimate of drug-likeness (QED) is 0.796. The molecule has 0 atom stereocenters. The van der Waals surface area contributed by atoms with Crippen LogP contribution in [0.2, 0.25) is 0 Å². The van der Waals surface area contributed by atoms with Crippen molar-refractivity contribution in [3.63, 3.8) is 0 Å². The van der Waals surface area contributed by atoms with Gasteiger partial charge in [0.1, 0.15) is 5.82 Å². The second kappa shape index (κ2) is 4.76. The van der Waals surface area contributed by atoms with Crippen LogP contribution in [0.5, 0.6) is 0 Å². The number of aryl methyl sites for hydroxylation is 1. The van der Waals surface area contributed by atoms with Crippen molar-refractivity contribution in [1.82, 2.24) is 9.97 Å². The third kappa shape index (κ3) is 1.84. The van der Waals surface area contributed by atoms with Crippen LogP contribution < -0.4 is 0 Å². The highest BCUT2D eigenvalue weighted by Crippen LogP contribution is 2.36. The molecule has 0 radical (unpaired) electrons. The van der Waals surface area contributed by atoms with Crippen LogP contribution in [-0.4, -0.2) is 15.1 Å². The molecule has 0 saturated heterocycles. The summed E-state index contributed by atoms with van der Waals surface area (Å²) < 4.78 is 0.998. The fourth-order valence-corrected chi connectivity index (χ4v) is 3.71. The Morgan fingerprint density at radius 1 is 1.28 bits per heavy atom. The molecule has 0 saturated carbocycles. The lowest BCUT2D eigenvalue weighted by Gasteiger charge is -2.02. The first-order chi connectivity index (χ1) is 8.83. The standard InChI is InChI=1S/C13H12N2OS2/c1-2-11-14-9(6-16)13-12(15-11)8(7-18-13)10-4-3-5-17-10/h3-5,7,16H,2,6H2,1H3. The largest absolute Gasteiger partial charge is 0.390 e. The van der Waals surface area contributed by atoms with Crippen molar-refractivity contribution in [3.05, 3.63) is 34.4 Å². The molecule has 3 heterocycles. The molecule has 5 heteroatoms. The van der Waals surface area contributed by atoms with E-state index in [4.69, 9.17) is 0 Å². The maximum atomic E-state index is 9.41. The highest BCUT2D eigenvalue weighted by Gasteiger charge is 2.14. The van der Waals surface area contributed by atoms with Crippen LogP contribution >= 0.6 is 22.7 Å². The van der Waals surface area contributed by atoms with Crippen LogP contribution in [0.1, 0.15) is 18.4 Å². The topological polar surface area (TPSA) is 46.0 Å². The van der Waals surface area contributed by atoms with Crippen LogP contribution in [-0.2, 0) is 13.0 Å². The minimum atomic E-state index is -0.0313. The van der Waals surface area contributed by atoms with Crippen molar-refractivity contribution in [2.75, 3.05) is 0 Å². The lowest BCUT2D eigenvalue weighted by molar-refractivity contribution is 0.278. The number of aliphatic hydroxyl groups excluding tert-OH is 1. The van der Waals surface area contributed by atoms with Gasteiger partial charge in [-0.25, -0.2) is 9.97 Å². The molecule has 0 bridgehead atoms. The van der Waals surface area contributed by atoms with Gasteiger partial charge in [0.05, 0.1) is 22.5 Å². The molecule has 0 aliphatic heterocycles. The minimum Gasteiger partial charge on any atom is -0.390 e. The average Bonchev–Trinajstić information content (AvgIpc) is 3.05. The molecule has 3 rings (SSSR count). The smallest absolute Gasteiger partial charge is 0.129 e. The SMILES string of the molecule is CCc1nc(CO)c2scc(-c3cccs3)c2n1. The molecule has 0 amide bonds. The zero-order chi connectivity index (χ0) is 12.5. The molecule has 92 valence electrons. The Morgan fingerprint density at radius 3 is 2.83 bits per heavy atom. The molecule has 0 aliphatic carbocycles. The van der Waals surface area contributed by atoms with Crippen LogP contribution in [0.25, 0.3) is 20.7 Å². The van der Waals surface area contributed by atoms with E-state index >= 15 is 0 Å². The van der Waals surface area contributed by atoms with Crippen molar-refractivity contribution < 1.29 is 5.11 Å². The lowest BCUT2D eigenvalue weighted by atomic mass is 10.2. The Kier molecular flexibility index (Phi) is 3.11. The monoisotopic (exact) mass is 276 g/mol. The summed E-state index contributed by atoms with van der Waals surface area (Å²) in [6.07, 6.45) is 0.780. The van der Waals surface area contributed by atoms with Gasteiger partial charge in [-0.05, 0) is 11.4 Å². The Labute approximate surface area is 113 Å². The highest BCUT2D eigenvalue weighted by atomic mass is 32.1. The van der Waals surface area contributed by atoms with Gasteiger partial charge in [0.15, 0.2) is 0 Å². The predicted molar refractivity (Wildman–Crippen MR) is 76.0 cm³/mol. The third-order valence-corrected chi connectivity index (χ3v) is 4.71. The first-order valence-corrected chi connectivity index (χ1v) is 7.51. The summed E-state index contributed by atoms with van der Waals surface area (Å²) in [5, 5.41) is 13.6. The molecular weight excluding hydrogens is 264 g/mol. The average molecular weight is 276 g/mol. The number of hydrogen-bond acceptors (Lipinski definition) is 5. The summed E-state index contributed by atoms with van der Waals surface area (Å²) in [4.78, 5) is 10.2. The highest BCUT2D eigenvalue weighted by molar-refractivity contribution is 7.19. The Morgan fingerprint density at radius 2 is 2.17 bits per heavy atom. The number of thiophene rings is 2. The predicted octanol–water partition coefficient (Wildman–Crippen LogP) is 3.47. The molecule has 3 aromatic heterocycles. The van der Waals surface area contributed by atoms with Gasteiger partial charge in [0.25, 0.3) is 0 Å². The van der Waals surface area contributed by atoms with Gasteiger partial charge < -0.3 is 5.11 Å². The summed E-state index contributed by atoms with van der Waals surface area (Å²) in [6, 6.07) is 4.14. The van der Waals surface area contributed by atoms with Crippen molar-refractivity contribution in [3.8, 4) is 10.4 Å². The van der Waals surface area contributed by atoms with Crippen LogP contribution in [0.15, 0.2) is 22.9 Å². The normalized spacial score (nSPS) is 11.2. The second-order valence-electron chi connectivity index (χ2n) is 3.90. The Hall–Kier alpha value is -1.30. The number of hydrogen-bond donors (Lipinski definition) is 1. The fraction of sp³-hybridized carbons (Fsp3) is 0.231. The summed E-state index contributed by atoms with van der Waals surface area (Å²) in [7, 11) is 0. The number of nitrogens with zero attached hydrogens (tertiary/aromatic N) is 2. The van der Waals surface area contributed by atoms with E-state index in [9.17, 15) is 5.11 Å². The van der Waals surface area contributed by atoms with E-state index in [0.29, 0.717) is 0 Å². The van der Waals surface area contributed by atoms with Crippen molar-refractivity contribution in [1.29, 1.82) is 0 Å². The zero-order valence-electron chi connectivity index (χ0n) is 9.88. The molecule has 0 aliphatic rings. The van der Waals surface area contributed by atoms with Crippen LogP contribution in [0, 0.1) is 0 Å². The van der Waals surface area contributed by atoms with E-state index < -0.39 is 0 Å². The van der Waals surface area contributed by atoms with E-state index in [0.717, 1.165) is 33.7 Å². The van der Waals surface area contributed by atoms with E-state index in [1.54, 1.807) is 22.7 Å². The number of aliphatic hydroxyl groups is 1. The van der Waals surface area contributed by atoms with Gasteiger partial charge in [-0.2, -0.15) is 0 Å². The first-order valence-electron chi connectivity index (χ1n) is 5.75. The molecule has 0 spiro atoms. The van der Waals surface area contributed by atoms with Crippen molar-refractivity contribution in [2.24, 2.45) is 0 Å². The summed E-state index contributed by atoms with van der Waals surface area (Å²) in [5.74, 6) is 0.794. The lowest BCUT2D eigenvalue weighted by Crippen LogP contribution is -1.98. The molecule has 0 unspecified atom stereocenters. The fourth-order valence-electron chi connectivity index (χ4n) is 1.90. The van der Waals surface area contributed by atoms with E-state index in [1.807, 2.05) is 13.0 Å². The van der Waals surface area contributed by atoms with E-state index in [1.165, 1.54) is 4.88 Å². The molecular formula is C13H12N2OS2. The Bertz CT molecular complexity index is 674. The summed E-state index contributed by atoms with van der Waals surface area (Å²) >= 11 is 3.31. The maximum absolute atomic E-state index is 9.41. The van der Waals surface area contributed by atoms with Gasteiger partial charge in [0.2, 0.25) is 0 Å². The van der Waals surface area contributed by atoms with Crippen LogP contribution in [0.4, 0.5) is 0 Å². The third-order valence-electron chi connectivity index (χ3n) is 2.78. The molecule has 3 nitrogen and oxygen atoms in total. The van der Waals surface area contributed by atoms with Crippen LogP contribution in [0.3, 0.4) is 0 Å². The van der Waals surface area contributed by atoms with E-state index in [-0.39, 0.29) is 6.61 Å². The minimum absolute atomic E-state index is 0.0313. The Balaban J connectivity index is 2.29. The van der Waals surface area contributed by atoms with E-state index in [2.05, 4.69) is 26.8 Å². The zero-order valence-corrected chi connectivity index (χ0v) is 11.5. The van der Waals surface area contributed by atoms with Gasteiger partial charge in [-0.1, -0.05) is 13.0 Å². The first kappa shape index (κ1) is 11.8.